The molecule has 1 N–H and O–H groups in total. The number of amides is 1. The second kappa shape index (κ2) is 4.97. The predicted molar refractivity (Wildman–Crippen MR) is 67.6 cm³/mol. The molecule has 3 nitrogen and oxygen atoms in total. The standard InChI is InChI=1S/C14H24N2O/c17-14(13-2-1-7-15-8-13)16(9-11-3-4-11)10-12-5-6-12/h11-13,15H,1-10H2/t13-/m0/s1. The summed E-state index contributed by atoms with van der Waals surface area (Å²) in [5.74, 6) is 2.36. The summed E-state index contributed by atoms with van der Waals surface area (Å²) in [6, 6.07) is 0. The summed E-state index contributed by atoms with van der Waals surface area (Å²) in [4.78, 5) is 14.7. The summed E-state index contributed by atoms with van der Waals surface area (Å²) in [5.41, 5.74) is 0. The van der Waals surface area contributed by atoms with Gasteiger partial charge in [0.05, 0.1) is 5.92 Å². The molecule has 17 heavy (non-hydrogen) atoms. The van der Waals surface area contributed by atoms with Gasteiger partial charge in [0.25, 0.3) is 0 Å². The SMILES string of the molecule is O=C([C@H]1CCCNC1)N(CC1CC1)CC1CC1. The van der Waals surface area contributed by atoms with Crippen LogP contribution in [-0.4, -0.2) is 37.0 Å². The van der Waals surface area contributed by atoms with Crippen LogP contribution in [0.1, 0.15) is 38.5 Å². The minimum absolute atomic E-state index is 0.265. The molecule has 0 aromatic rings. The molecule has 2 saturated carbocycles. The highest BCUT2D eigenvalue weighted by atomic mass is 16.2. The number of hydrogen-bond donors (Lipinski definition) is 1. The van der Waals surface area contributed by atoms with Crippen LogP contribution in [0, 0.1) is 17.8 Å². The first-order valence-electron chi connectivity index (χ1n) is 7.32. The minimum Gasteiger partial charge on any atom is -0.342 e. The smallest absolute Gasteiger partial charge is 0.226 e. The molecule has 0 unspecified atom stereocenters. The topological polar surface area (TPSA) is 32.3 Å². The molecule has 1 amide bonds. The average molecular weight is 236 g/mol. The average Bonchev–Trinajstić information content (AvgIpc) is 3.23. The number of nitrogens with one attached hydrogen (secondary N) is 1. The monoisotopic (exact) mass is 236 g/mol. The summed E-state index contributed by atoms with van der Waals surface area (Å²) in [5, 5.41) is 3.36. The quantitative estimate of drug-likeness (QED) is 0.787. The van der Waals surface area contributed by atoms with Crippen LogP contribution in [0.3, 0.4) is 0 Å². The van der Waals surface area contributed by atoms with E-state index in [9.17, 15) is 4.79 Å². The van der Waals surface area contributed by atoms with E-state index >= 15 is 0 Å². The molecule has 0 spiro atoms. The van der Waals surface area contributed by atoms with Gasteiger partial charge >= 0.3 is 0 Å². The Morgan fingerprint density at radius 3 is 2.18 bits per heavy atom. The summed E-state index contributed by atoms with van der Waals surface area (Å²) in [6.45, 7) is 4.09. The van der Waals surface area contributed by atoms with Gasteiger partial charge in [-0.3, -0.25) is 4.79 Å². The van der Waals surface area contributed by atoms with E-state index in [1.54, 1.807) is 0 Å². The molecule has 0 radical (unpaired) electrons. The van der Waals surface area contributed by atoms with E-state index in [2.05, 4.69) is 10.2 Å². The summed E-state index contributed by atoms with van der Waals surface area (Å²) >= 11 is 0. The molecular formula is C14H24N2O. The molecule has 3 heteroatoms. The third kappa shape index (κ3) is 3.21. The predicted octanol–water partition coefficient (Wildman–Crippen LogP) is 1.63. The van der Waals surface area contributed by atoms with Gasteiger partial charge in [-0.2, -0.15) is 0 Å². The lowest BCUT2D eigenvalue weighted by Gasteiger charge is -2.30. The van der Waals surface area contributed by atoms with Crippen molar-refractivity contribution in [1.82, 2.24) is 10.2 Å². The molecule has 0 bridgehead atoms. The molecule has 3 rings (SSSR count). The van der Waals surface area contributed by atoms with Gasteiger partial charge in [-0.05, 0) is 56.9 Å². The van der Waals surface area contributed by atoms with Crippen molar-refractivity contribution in [2.24, 2.45) is 17.8 Å². The van der Waals surface area contributed by atoms with Gasteiger partial charge in [-0.15, -0.1) is 0 Å². The minimum atomic E-state index is 0.265. The first-order valence-corrected chi connectivity index (χ1v) is 7.32. The zero-order valence-electron chi connectivity index (χ0n) is 10.7. The Balaban J connectivity index is 1.56. The van der Waals surface area contributed by atoms with Crippen LogP contribution < -0.4 is 5.32 Å². The molecule has 1 atom stereocenters. The maximum absolute atomic E-state index is 12.5. The molecule has 2 aliphatic carbocycles. The van der Waals surface area contributed by atoms with Crippen molar-refractivity contribution < 1.29 is 4.79 Å². The van der Waals surface area contributed by atoms with E-state index in [1.165, 1.54) is 25.7 Å². The van der Waals surface area contributed by atoms with Crippen LogP contribution in [0.4, 0.5) is 0 Å². The number of nitrogens with zero attached hydrogens (tertiary/aromatic N) is 1. The van der Waals surface area contributed by atoms with Gasteiger partial charge < -0.3 is 10.2 Å². The Labute approximate surface area is 104 Å². The molecule has 0 aromatic heterocycles. The molecule has 3 fully saturated rings. The van der Waals surface area contributed by atoms with E-state index in [0.29, 0.717) is 5.91 Å². The van der Waals surface area contributed by atoms with Crippen molar-refractivity contribution >= 4 is 5.91 Å². The van der Waals surface area contributed by atoms with Gasteiger partial charge in [0.1, 0.15) is 0 Å². The van der Waals surface area contributed by atoms with Crippen molar-refractivity contribution in [3.63, 3.8) is 0 Å². The second-order valence-corrected chi connectivity index (χ2v) is 6.17. The van der Waals surface area contributed by atoms with Crippen LogP contribution in [0.15, 0.2) is 0 Å². The second-order valence-electron chi connectivity index (χ2n) is 6.17. The number of carbonyl (C=O) groups is 1. The van der Waals surface area contributed by atoms with Crippen LogP contribution in [0.5, 0.6) is 0 Å². The maximum Gasteiger partial charge on any atom is 0.226 e. The zero-order valence-corrected chi connectivity index (χ0v) is 10.7. The highest BCUT2D eigenvalue weighted by Gasteiger charge is 2.34. The van der Waals surface area contributed by atoms with E-state index in [0.717, 1.165) is 50.9 Å². The molecule has 3 aliphatic rings. The molecular weight excluding hydrogens is 212 g/mol. The van der Waals surface area contributed by atoms with Crippen LogP contribution in [-0.2, 0) is 4.79 Å². The fourth-order valence-electron chi connectivity index (χ4n) is 2.80. The van der Waals surface area contributed by atoms with Gasteiger partial charge in [-0.25, -0.2) is 0 Å². The largest absolute Gasteiger partial charge is 0.342 e. The maximum atomic E-state index is 12.5. The van der Waals surface area contributed by atoms with E-state index in [1.807, 2.05) is 0 Å². The van der Waals surface area contributed by atoms with Crippen LogP contribution in [0.25, 0.3) is 0 Å². The molecule has 1 aliphatic heterocycles. The normalized spacial score (nSPS) is 29.1. The summed E-state index contributed by atoms with van der Waals surface area (Å²) in [6.07, 6.45) is 7.64. The first-order chi connectivity index (χ1) is 8.33. The Hall–Kier alpha value is -0.570. The Kier molecular flexibility index (Phi) is 3.37. The van der Waals surface area contributed by atoms with E-state index in [-0.39, 0.29) is 5.92 Å². The van der Waals surface area contributed by atoms with Crippen molar-refractivity contribution in [2.45, 2.75) is 38.5 Å². The lowest BCUT2D eigenvalue weighted by Crippen LogP contribution is -2.44. The Morgan fingerprint density at radius 2 is 1.71 bits per heavy atom. The van der Waals surface area contributed by atoms with Gasteiger partial charge in [0, 0.05) is 19.6 Å². The molecule has 0 aromatic carbocycles. The number of carbonyl (C=O) groups excluding carboxylic acids is 1. The third-order valence-electron chi connectivity index (χ3n) is 4.31. The molecule has 1 heterocycles. The third-order valence-corrected chi connectivity index (χ3v) is 4.31. The molecule has 96 valence electrons. The lowest BCUT2D eigenvalue weighted by molar-refractivity contribution is -0.136. The van der Waals surface area contributed by atoms with Gasteiger partial charge in [0.2, 0.25) is 5.91 Å². The highest BCUT2D eigenvalue weighted by molar-refractivity contribution is 5.79. The van der Waals surface area contributed by atoms with Crippen molar-refractivity contribution in [3.05, 3.63) is 0 Å². The van der Waals surface area contributed by atoms with E-state index < -0.39 is 0 Å². The number of piperidine rings is 1. The fourth-order valence-corrected chi connectivity index (χ4v) is 2.80. The van der Waals surface area contributed by atoms with E-state index in [4.69, 9.17) is 0 Å². The number of hydrogen-bond acceptors (Lipinski definition) is 2. The van der Waals surface area contributed by atoms with Crippen LogP contribution >= 0.6 is 0 Å². The van der Waals surface area contributed by atoms with Crippen molar-refractivity contribution in [3.8, 4) is 0 Å². The fraction of sp³-hybridized carbons (Fsp3) is 0.929. The Morgan fingerprint density at radius 1 is 1.06 bits per heavy atom. The van der Waals surface area contributed by atoms with Crippen molar-refractivity contribution in [2.75, 3.05) is 26.2 Å². The zero-order chi connectivity index (χ0) is 11.7. The van der Waals surface area contributed by atoms with Gasteiger partial charge in [-0.1, -0.05) is 0 Å². The van der Waals surface area contributed by atoms with Gasteiger partial charge in [0.15, 0.2) is 0 Å². The van der Waals surface area contributed by atoms with Crippen LogP contribution in [0.2, 0.25) is 0 Å². The van der Waals surface area contributed by atoms with Crippen molar-refractivity contribution in [1.29, 1.82) is 0 Å². The summed E-state index contributed by atoms with van der Waals surface area (Å²) < 4.78 is 0. The Bertz CT molecular complexity index is 264. The lowest BCUT2D eigenvalue weighted by atomic mass is 9.98. The first kappa shape index (κ1) is 11.5. The molecule has 1 saturated heterocycles. The highest BCUT2D eigenvalue weighted by Crippen LogP contribution is 2.34. The summed E-state index contributed by atoms with van der Waals surface area (Å²) in [7, 11) is 0. The number of rotatable bonds is 5.